The van der Waals surface area contributed by atoms with Crippen LogP contribution < -0.4 is 18.3 Å². The van der Waals surface area contributed by atoms with Crippen LogP contribution in [0.3, 0.4) is 0 Å². The van der Waals surface area contributed by atoms with Crippen LogP contribution in [-0.2, 0) is 28.2 Å². The third-order valence-electron chi connectivity index (χ3n) is 22.0. The summed E-state index contributed by atoms with van der Waals surface area (Å²) >= 11 is 0. The van der Waals surface area contributed by atoms with Crippen molar-refractivity contribution in [2.75, 3.05) is 0 Å². The molecule has 12 aromatic carbocycles. The number of fused-ring (bicyclic) bond motifs is 12. The van der Waals surface area contributed by atoms with E-state index in [2.05, 4.69) is 332 Å². The number of aromatic nitrogens is 4. The third kappa shape index (κ3) is 10.2. The number of nitrogens with zero attached hydrogens (tertiary/aromatic N) is 4. The van der Waals surface area contributed by atoms with E-state index in [9.17, 15) is 0 Å². The van der Waals surface area contributed by atoms with Gasteiger partial charge in [-0.05, 0) is 246 Å². The van der Waals surface area contributed by atoms with E-state index < -0.39 is 6.85 Å². The first kappa shape index (κ1) is 59.3. The molecule has 486 valence electrons. The number of hydrogen-bond acceptors (Lipinski definition) is 0. The van der Waals surface area contributed by atoms with Crippen molar-refractivity contribution in [1.82, 2.24) is 0 Å². The highest BCUT2D eigenvalue weighted by Crippen LogP contribution is 2.55. The van der Waals surface area contributed by atoms with Gasteiger partial charge in [0.15, 0.2) is 24.8 Å². The van der Waals surface area contributed by atoms with Crippen LogP contribution in [0, 0.1) is 62.2 Å². The molecule has 0 saturated heterocycles. The summed E-state index contributed by atoms with van der Waals surface area (Å²) in [7, 11) is 8.32. The van der Waals surface area contributed by atoms with E-state index in [4.69, 9.17) is 4.11 Å². The molecule has 16 aromatic rings. The van der Waals surface area contributed by atoms with Crippen molar-refractivity contribution >= 4 is 43.1 Å². The fraction of sp³-hybridized carbons (Fsp3) is 0.134. The van der Waals surface area contributed by atoms with Gasteiger partial charge in [-0.1, -0.05) is 176 Å². The molecule has 0 bridgehead atoms. The topological polar surface area (TPSA) is 15.5 Å². The predicted molar refractivity (Wildman–Crippen MR) is 423 cm³/mol. The van der Waals surface area contributed by atoms with E-state index in [1.165, 1.54) is 210 Å². The van der Waals surface area contributed by atoms with Gasteiger partial charge in [-0.3, -0.25) is 0 Å². The number of hydrogen-bond donors (Lipinski definition) is 0. The standard InChI is InChI=1S/C25H22N.3C24H20N/c1-15-11-12-20-19-9-5-7-18-8-6-10-21(24(18)19)25(20)23(15)22-13-16(2)17(3)14-26(22)4;1-15-10-11-25(3)23(12-15)20-14-22-19-9-5-7-17-6-4-8-18(24(17)19)21(22)13-16(20)2;1-15-12-13-25(3)22(14-15)18-10-11-20-19-8-4-6-17-7-5-9-21(24(17)19)23(20)16(18)2;1-15-12-13-25(3)21(14-15)22-16(2)10-11-19-18-8-4-6-17-7-5-9-20(23(17)18)24(19)22/h5-14H,1-4H3;3*4-14H,1-3H3/q4*+1/i3D3;;;. The highest BCUT2D eigenvalue weighted by atomic mass is 14.9. The van der Waals surface area contributed by atoms with E-state index in [-0.39, 0.29) is 0 Å². The van der Waals surface area contributed by atoms with Gasteiger partial charge in [0.2, 0.25) is 22.8 Å². The Bertz CT molecular complexity index is 6280. The number of pyridine rings is 4. The van der Waals surface area contributed by atoms with Gasteiger partial charge in [-0.25, -0.2) is 18.3 Å². The summed E-state index contributed by atoms with van der Waals surface area (Å²) in [6.45, 7) is 15.1. The van der Waals surface area contributed by atoms with Crippen molar-refractivity contribution < 1.29 is 22.4 Å². The second-order valence-electron chi connectivity index (χ2n) is 28.5. The summed E-state index contributed by atoms with van der Waals surface area (Å²) in [4.78, 5) is 0. The second kappa shape index (κ2) is 24.3. The Kier molecular flexibility index (Phi) is 14.3. The minimum atomic E-state index is -2.12. The van der Waals surface area contributed by atoms with E-state index in [0.717, 1.165) is 11.3 Å². The van der Waals surface area contributed by atoms with Crippen molar-refractivity contribution in [2.45, 2.75) is 62.2 Å². The fourth-order valence-corrected chi connectivity index (χ4v) is 17.0. The van der Waals surface area contributed by atoms with Crippen LogP contribution in [0.15, 0.2) is 261 Å². The molecule has 0 saturated carbocycles. The second-order valence-corrected chi connectivity index (χ2v) is 28.5. The summed E-state index contributed by atoms with van der Waals surface area (Å²) in [6.07, 6.45) is 8.21. The molecule has 101 heavy (non-hydrogen) atoms. The Labute approximate surface area is 597 Å². The van der Waals surface area contributed by atoms with Crippen molar-refractivity contribution in [3.8, 4) is 134 Å². The summed E-state index contributed by atoms with van der Waals surface area (Å²) in [5.74, 6) is 0. The van der Waals surface area contributed by atoms with Crippen LogP contribution in [0.25, 0.3) is 177 Å². The molecule has 4 nitrogen and oxygen atoms in total. The average molecular weight is 1310 g/mol. The number of benzene rings is 12. The SMILES string of the molecule is Cc1cc[n+](C)c(-c2c(C)ccc3c2-c2cccc4cccc-3c24)c1.Cc1cc[n+](C)c(-c2cc3c(cc2C)-c2cccc4cccc-3c24)c1.Cc1cc[n+](C)c(-c2ccc3c(c2C)-c2cccc4cccc-3c24)c1.[2H]C([2H])([2H])c1c[n+](C)c(-c2c(C)ccc3c2-c2cccc4cccc-3c24)cc1C. The highest BCUT2D eigenvalue weighted by Gasteiger charge is 2.32. The molecule has 0 radical (unpaired) electrons. The Hall–Kier alpha value is -11.7. The third-order valence-corrected chi connectivity index (χ3v) is 22.0. The van der Waals surface area contributed by atoms with Crippen molar-refractivity contribution in [2.24, 2.45) is 28.2 Å². The lowest BCUT2D eigenvalue weighted by Crippen LogP contribution is -2.31. The monoisotopic (exact) mass is 1310 g/mol. The summed E-state index contributed by atoms with van der Waals surface area (Å²) in [5, 5.41) is 10.7. The molecule has 0 fully saturated rings. The smallest absolute Gasteiger partial charge is 0.201 e. The zero-order valence-electron chi connectivity index (χ0n) is 62.6. The lowest BCUT2D eigenvalue weighted by Gasteiger charge is -2.13. The zero-order chi connectivity index (χ0) is 71.9. The number of rotatable bonds is 4. The predicted octanol–water partition coefficient (Wildman–Crippen LogP) is 22.7. The van der Waals surface area contributed by atoms with Gasteiger partial charge in [-0.15, -0.1) is 0 Å². The molecule has 0 unspecified atom stereocenters. The minimum Gasteiger partial charge on any atom is -0.201 e. The molecule has 0 N–H and O–H groups in total. The van der Waals surface area contributed by atoms with Gasteiger partial charge in [-0.2, -0.15) is 0 Å². The van der Waals surface area contributed by atoms with Gasteiger partial charge in [0.25, 0.3) is 0 Å². The molecule has 4 aliphatic carbocycles. The Morgan fingerprint density at radius 2 is 0.564 bits per heavy atom. The van der Waals surface area contributed by atoms with Crippen molar-refractivity contribution in [1.29, 1.82) is 0 Å². The normalized spacial score (nSPS) is 12.4. The Balaban J connectivity index is 0.000000103. The first-order chi connectivity index (χ1) is 50.2. The highest BCUT2D eigenvalue weighted by molar-refractivity contribution is 6.21. The molecule has 20 rings (SSSR count). The van der Waals surface area contributed by atoms with Gasteiger partial charge in [0, 0.05) is 74.4 Å². The Morgan fingerprint density at radius 1 is 0.228 bits per heavy atom. The van der Waals surface area contributed by atoms with E-state index in [1.54, 1.807) is 6.20 Å². The molecule has 4 heteroatoms. The van der Waals surface area contributed by atoms with Gasteiger partial charge < -0.3 is 0 Å². The maximum absolute atomic E-state index is 7.83. The minimum absolute atomic E-state index is 0.402. The van der Waals surface area contributed by atoms with Crippen LogP contribution in [0.4, 0.5) is 0 Å². The van der Waals surface area contributed by atoms with Crippen LogP contribution in [0.5, 0.6) is 0 Å². The molecule has 0 aliphatic heterocycles. The molecule has 0 atom stereocenters. The van der Waals surface area contributed by atoms with E-state index >= 15 is 0 Å². The quantitative estimate of drug-likeness (QED) is 0.156. The first-order valence-electron chi connectivity index (χ1n) is 36.8. The summed E-state index contributed by atoms with van der Waals surface area (Å²) < 4.78 is 32.1. The van der Waals surface area contributed by atoms with Gasteiger partial charge >= 0.3 is 0 Å². The number of aryl methyl sites for hydroxylation is 12. The van der Waals surface area contributed by atoms with Crippen LogP contribution >= 0.6 is 0 Å². The van der Waals surface area contributed by atoms with E-state index in [1.807, 2.05) is 24.6 Å². The molecular weight excluding hydrogens is 1220 g/mol. The largest absolute Gasteiger partial charge is 0.213 e. The first-order valence-corrected chi connectivity index (χ1v) is 35.3. The average Bonchev–Trinajstić information content (AvgIpc) is 1.58. The maximum atomic E-state index is 7.83. The fourth-order valence-electron chi connectivity index (χ4n) is 17.0. The van der Waals surface area contributed by atoms with E-state index in [0.29, 0.717) is 5.56 Å². The molecule has 0 amide bonds. The molecule has 4 aliphatic rings. The Morgan fingerprint density at radius 3 is 1.01 bits per heavy atom. The van der Waals surface area contributed by atoms with Crippen molar-refractivity contribution in [3.05, 3.63) is 311 Å². The summed E-state index contributed by atoms with van der Waals surface area (Å²) in [5.41, 5.74) is 41.7. The zero-order valence-corrected chi connectivity index (χ0v) is 59.6. The molecule has 4 aromatic heterocycles. The van der Waals surface area contributed by atoms with Gasteiger partial charge in [0.05, 0.1) is 11.1 Å². The molecule has 4 heterocycles. The van der Waals surface area contributed by atoms with Crippen molar-refractivity contribution in [3.63, 3.8) is 0 Å². The lowest BCUT2D eigenvalue weighted by atomic mass is 9.91. The molecule has 0 spiro atoms. The molecular formula is C97H82N4+4. The van der Waals surface area contributed by atoms with Crippen LogP contribution in [-0.4, -0.2) is 0 Å². The van der Waals surface area contributed by atoms with Crippen LogP contribution in [0.1, 0.15) is 54.2 Å². The maximum Gasteiger partial charge on any atom is 0.213 e. The summed E-state index contributed by atoms with van der Waals surface area (Å²) in [6, 6.07) is 86.4. The lowest BCUT2D eigenvalue weighted by molar-refractivity contribution is -0.660. The van der Waals surface area contributed by atoms with Crippen LogP contribution in [0.2, 0.25) is 0 Å². The van der Waals surface area contributed by atoms with Gasteiger partial charge in [0.1, 0.15) is 28.2 Å².